The van der Waals surface area contributed by atoms with Gasteiger partial charge in [-0.2, -0.15) is 0 Å². The number of ketones is 2. The van der Waals surface area contributed by atoms with E-state index in [1.165, 1.54) is 26.0 Å². The summed E-state index contributed by atoms with van der Waals surface area (Å²) in [5, 5.41) is 0. The largest absolute Gasteiger partial charge is 0.459 e. The van der Waals surface area contributed by atoms with Crippen LogP contribution in [0.2, 0.25) is 0 Å². The van der Waals surface area contributed by atoms with E-state index in [1.807, 2.05) is 13.8 Å². The molecule has 4 rings (SSSR count). The summed E-state index contributed by atoms with van der Waals surface area (Å²) in [4.78, 5) is 48.6. The molecule has 4 aliphatic carbocycles. The highest BCUT2D eigenvalue weighted by atomic mass is 19.1. The molecule has 0 aromatic rings. The van der Waals surface area contributed by atoms with Gasteiger partial charge in [0.05, 0.1) is 0 Å². The first kappa shape index (κ1) is 23.8. The number of alkyl halides is 1. The van der Waals surface area contributed by atoms with Gasteiger partial charge in [-0.3, -0.25) is 19.2 Å². The van der Waals surface area contributed by atoms with Crippen molar-refractivity contribution in [1.82, 2.24) is 0 Å². The molecule has 3 fully saturated rings. The molecule has 0 unspecified atom stereocenters. The Morgan fingerprint density at radius 1 is 1.15 bits per heavy atom. The van der Waals surface area contributed by atoms with E-state index < -0.39 is 46.4 Å². The zero-order valence-electron chi connectivity index (χ0n) is 20.0. The number of halogens is 1. The van der Waals surface area contributed by atoms with Crippen LogP contribution in [-0.4, -0.2) is 41.9 Å². The highest BCUT2D eigenvalue weighted by molar-refractivity contribution is 6.01. The van der Waals surface area contributed by atoms with Gasteiger partial charge < -0.3 is 9.47 Å². The molecule has 0 saturated heterocycles. The second-order valence-electron chi connectivity index (χ2n) is 10.9. The van der Waals surface area contributed by atoms with Crippen LogP contribution >= 0.6 is 0 Å². The van der Waals surface area contributed by atoms with Crippen molar-refractivity contribution in [2.75, 3.05) is 6.61 Å². The molecule has 0 spiro atoms. The van der Waals surface area contributed by atoms with Gasteiger partial charge in [-0.05, 0) is 62.0 Å². The van der Waals surface area contributed by atoms with Gasteiger partial charge in [0.15, 0.2) is 17.2 Å². The van der Waals surface area contributed by atoms with Gasteiger partial charge in [0.25, 0.3) is 0 Å². The lowest BCUT2D eigenvalue weighted by Crippen LogP contribution is -2.67. The molecule has 4 aliphatic rings. The standard InChI is InChI=1S/C26H33FO6/c1-14-10-20-19-7-6-17-11-18(30)8-9-25(17,5)26(19,27)22(33-16(3)29)12-24(20,4)23(14)21(31)13-32-15(2)28/h8-9,11,14,19-20,22-23H,6-7,10,12-13H2,1-5H3/t14-,19+,20-,22+,23+,24+,25+,26+/m1/s1. The molecule has 33 heavy (non-hydrogen) atoms. The maximum atomic E-state index is 17.6. The Hall–Kier alpha value is -2.31. The fourth-order valence-corrected chi connectivity index (χ4v) is 7.82. The van der Waals surface area contributed by atoms with Gasteiger partial charge in [-0.25, -0.2) is 4.39 Å². The molecule has 0 bridgehead atoms. The molecule has 7 heteroatoms. The van der Waals surface area contributed by atoms with E-state index in [4.69, 9.17) is 9.47 Å². The second kappa shape index (κ2) is 7.88. The summed E-state index contributed by atoms with van der Waals surface area (Å²) in [6.07, 6.45) is 5.52. The molecule has 0 radical (unpaired) electrons. The van der Waals surface area contributed by atoms with Crippen LogP contribution in [0.25, 0.3) is 0 Å². The van der Waals surface area contributed by atoms with Crippen molar-refractivity contribution < 1.29 is 33.0 Å². The highest BCUT2D eigenvalue weighted by Crippen LogP contribution is 2.70. The SMILES string of the molecule is CC(=O)OCC(=O)[C@@H]1[C@H](C)C[C@@H]2[C@@H]3CCC4=CC(=O)C=C[C@]4(C)[C@@]3(F)[C@@H](OC(C)=O)C[C@@]21C. The first-order valence-electron chi connectivity index (χ1n) is 11.8. The van der Waals surface area contributed by atoms with E-state index in [-0.39, 0.29) is 36.4 Å². The van der Waals surface area contributed by atoms with Crippen LogP contribution in [0.3, 0.4) is 0 Å². The number of fused-ring (bicyclic) bond motifs is 5. The molecule has 0 heterocycles. The smallest absolute Gasteiger partial charge is 0.303 e. The van der Waals surface area contributed by atoms with E-state index >= 15 is 4.39 Å². The number of ether oxygens (including phenoxy) is 2. The van der Waals surface area contributed by atoms with Crippen molar-refractivity contribution in [3.05, 3.63) is 23.8 Å². The summed E-state index contributed by atoms with van der Waals surface area (Å²) in [5.41, 5.74) is -2.81. The summed E-state index contributed by atoms with van der Waals surface area (Å²) in [6, 6.07) is 0. The molecule has 0 N–H and O–H groups in total. The number of hydrogen-bond acceptors (Lipinski definition) is 6. The minimum absolute atomic E-state index is 0.0170. The van der Waals surface area contributed by atoms with Crippen LogP contribution in [0.4, 0.5) is 4.39 Å². The van der Waals surface area contributed by atoms with Crippen molar-refractivity contribution in [3.8, 4) is 0 Å². The average molecular weight is 461 g/mol. The van der Waals surface area contributed by atoms with Crippen LogP contribution in [-0.2, 0) is 28.7 Å². The number of Topliss-reactive ketones (excluding diaryl/α,β-unsaturated/α-hetero) is 1. The van der Waals surface area contributed by atoms with Crippen LogP contribution in [0, 0.1) is 34.5 Å². The number of rotatable bonds is 4. The summed E-state index contributed by atoms with van der Waals surface area (Å²) in [7, 11) is 0. The molecule has 0 aromatic carbocycles. The molecule has 0 aromatic heterocycles. The van der Waals surface area contributed by atoms with Crippen molar-refractivity contribution in [2.45, 2.75) is 72.1 Å². The molecule has 3 saturated carbocycles. The van der Waals surface area contributed by atoms with Crippen molar-refractivity contribution >= 4 is 23.5 Å². The average Bonchev–Trinajstić information content (AvgIpc) is 2.97. The molecule has 8 atom stereocenters. The summed E-state index contributed by atoms with van der Waals surface area (Å²) < 4.78 is 28.3. The van der Waals surface area contributed by atoms with E-state index in [1.54, 1.807) is 13.0 Å². The predicted molar refractivity (Wildman–Crippen MR) is 118 cm³/mol. The first-order valence-corrected chi connectivity index (χ1v) is 11.8. The van der Waals surface area contributed by atoms with Gasteiger partial charge in [0.1, 0.15) is 12.7 Å². The zero-order chi connectivity index (χ0) is 24.3. The van der Waals surface area contributed by atoms with Gasteiger partial charge in [0.2, 0.25) is 0 Å². The van der Waals surface area contributed by atoms with E-state index in [0.717, 1.165) is 5.57 Å². The Kier molecular flexibility index (Phi) is 5.69. The molecular weight excluding hydrogens is 427 g/mol. The highest BCUT2D eigenvalue weighted by Gasteiger charge is 2.72. The van der Waals surface area contributed by atoms with E-state index in [0.29, 0.717) is 19.3 Å². The quantitative estimate of drug-likeness (QED) is 0.591. The fraction of sp³-hybridized carbons (Fsp3) is 0.692. The van der Waals surface area contributed by atoms with Crippen LogP contribution in [0.15, 0.2) is 23.8 Å². The second-order valence-corrected chi connectivity index (χ2v) is 10.9. The van der Waals surface area contributed by atoms with E-state index in [9.17, 15) is 19.2 Å². The summed E-state index contributed by atoms with van der Waals surface area (Å²) >= 11 is 0. The number of carbonyl (C=O) groups is 4. The number of allylic oxidation sites excluding steroid dienone is 4. The molecule has 0 amide bonds. The van der Waals surface area contributed by atoms with Crippen LogP contribution < -0.4 is 0 Å². The Balaban J connectivity index is 1.78. The third-order valence-electron chi connectivity index (χ3n) is 9.03. The number of carbonyl (C=O) groups excluding carboxylic acids is 4. The van der Waals surface area contributed by atoms with Gasteiger partial charge in [-0.15, -0.1) is 0 Å². The monoisotopic (exact) mass is 460 g/mol. The van der Waals surface area contributed by atoms with Crippen LogP contribution in [0.1, 0.15) is 60.3 Å². The lowest BCUT2D eigenvalue weighted by molar-refractivity contribution is -0.213. The fourth-order valence-electron chi connectivity index (χ4n) is 7.82. The third kappa shape index (κ3) is 3.41. The topological polar surface area (TPSA) is 86.7 Å². The minimum Gasteiger partial charge on any atom is -0.459 e. The van der Waals surface area contributed by atoms with Gasteiger partial charge >= 0.3 is 11.9 Å². The summed E-state index contributed by atoms with van der Waals surface area (Å²) in [6.45, 7) is 8.04. The molecular formula is C26H33FO6. The zero-order valence-corrected chi connectivity index (χ0v) is 20.0. The third-order valence-corrected chi connectivity index (χ3v) is 9.03. The maximum absolute atomic E-state index is 17.6. The van der Waals surface area contributed by atoms with Gasteiger partial charge in [0, 0.05) is 31.1 Å². The molecule has 180 valence electrons. The Morgan fingerprint density at radius 3 is 2.48 bits per heavy atom. The minimum atomic E-state index is -1.89. The number of hydrogen-bond donors (Lipinski definition) is 0. The van der Waals surface area contributed by atoms with Gasteiger partial charge in [-0.1, -0.05) is 25.5 Å². The maximum Gasteiger partial charge on any atom is 0.303 e. The Bertz CT molecular complexity index is 968. The van der Waals surface area contributed by atoms with E-state index in [2.05, 4.69) is 0 Å². The Labute approximate surface area is 193 Å². The first-order chi connectivity index (χ1) is 15.3. The molecule has 6 nitrogen and oxygen atoms in total. The normalized spacial score (nSPS) is 43.6. The lowest BCUT2D eigenvalue weighted by atomic mass is 9.45. The lowest BCUT2D eigenvalue weighted by Gasteiger charge is -2.62. The summed E-state index contributed by atoms with van der Waals surface area (Å²) in [5.74, 6) is -2.37. The van der Waals surface area contributed by atoms with Crippen LogP contribution in [0.5, 0.6) is 0 Å². The number of esters is 2. The van der Waals surface area contributed by atoms with Crippen molar-refractivity contribution in [3.63, 3.8) is 0 Å². The Morgan fingerprint density at radius 2 is 1.85 bits per heavy atom. The predicted octanol–water partition coefficient (Wildman–Crippen LogP) is 3.92. The van der Waals surface area contributed by atoms with Crippen molar-refractivity contribution in [2.24, 2.45) is 34.5 Å². The van der Waals surface area contributed by atoms with Crippen molar-refractivity contribution in [1.29, 1.82) is 0 Å². The molecule has 0 aliphatic heterocycles.